The first-order valence-corrected chi connectivity index (χ1v) is 34.9. The minimum absolute atomic E-state index is 0.0892. The van der Waals surface area contributed by atoms with Crippen molar-refractivity contribution in [2.45, 2.75) is 341 Å². The number of carbonyl (C=O) groups excluding carboxylic acids is 3. The van der Waals surface area contributed by atoms with Gasteiger partial charge in [0, 0.05) is 19.3 Å². The van der Waals surface area contributed by atoms with E-state index >= 15 is 0 Å². The van der Waals surface area contributed by atoms with Gasteiger partial charge in [0.15, 0.2) is 6.10 Å². The van der Waals surface area contributed by atoms with E-state index in [1.807, 2.05) is 0 Å². The molecule has 0 saturated heterocycles. The summed E-state index contributed by atoms with van der Waals surface area (Å²) >= 11 is 0. The van der Waals surface area contributed by atoms with Crippen molar-refractivity contribution < 1.29 is 28.6 Å². The molecule has 0 N–H and O–H groups in total. The number of esters is 3. The van der Waals surface area contributed by atoms with Gasteiger partial charge in [0.2, 0.25) is 0 Å². The fourth-order valence-electron chi connectivity index (χ4n) is 9.88. The molecule has 6 heteroatoms. The average Bonchev–Trinajstić information content (AvgIpc) is 3.47. The highest BCUT2D eigenvalue weighted by Gasteiger charge is 2.19. The Morgan fingerprint density at radius 2 is 0.476 bits per heavy atom. The van der Waals surface area contributed by atoms with E-state index in [4.69, 9.17) is 14.2 Å². The topological polar surface area (TPSA) is 78.9 Å². The summed E-state index contributed by atoms with van der Waals surface area (Å²) < 4.78 is 16.9. The second-order valence-corrected chi connectivity index (χ2v) is 23.0. The van der Waals surface area contributed by atoms with Crippen molar-refractivity contribution in [1.29, 1.82) is 0 Å². The Balaban J connectivity index is 4.31. The van der Waals surface area contributed by atoms with Crippen molar-refractivity contribution in [1.82, 2.24) is 0 Å². The summed E-state index contributed by atoms with van der Waals surface area (Å²) in [5.74, 6) is -0.918. The lowest BCUT2D eigenvalue weighted by molar-refractivity contribution is -0.167. The predicted molar refractivity (Wildman–Crippen MR) is 357 cm³/mol. The minimum Gasteiger partial charge on any atom is -0.462 e. The minimum atomic E-state index is -0.796. The molecule has 0 aliphatic heterocycles. The number of hydrogen-bond acceptors (Lipinski definition) is 6. The molecular weight excluding hydrogens is 1010 g/mol. The first-order chi connectivity index (χ1) is 40.5. The molecule has 0 aliphatic carbocycles. The van der Waals surface area contributed by atoms with E-state index < -0.39 is 6.10 Å². The van der Waals surface area contributed by atoms with Gasteiger partial charge in [0.25, 0.3) is 0 Å². The van der Waals surface area contributed by atoms with Gasteiger partial charge in [-0.25, -0.2) is 0 Å². The summed E-state index contributed by atoms with van der Waals surface area (Å²) in [6.07, 6.45) is 95.5. The van der Waals surface area contributed by atoms with E-state index in [0.717, 1.165) is 116 Å². The number of allylic oxidation sites excluding steroid dienone is 18. The van der Waals surface area contributed by atoms with Crippen LogP contribution in [0.5, 0.6) is 0 Å². The molecule has 0 aromatic rings. The zero-order valence-electron chi connectivity index (χ0n) is 54.0. The first kappa shape index (κ1) is 78.1. The second-order valence-electron chi connectivity index (χ2n) is 23.0. The second kappa shape index (κ2) is 69.6. The highest BCUT2D eigenvalue weighted by Crippen LogP contribution is 2.17. The lowest BCUT2D eigenvalue weighted by atomic mass is 10.0. The number of unbranched alkanes of at least 4 members (excludes halogenated alkanes) is 34. The van der Waals surface area contributed by atoms with Crippen molar-refractivity contribution in [3.63, 3.8) is 0 Å². The maximum atomic E-state index is 12.9. The lowest BCUT2D eigenvalue weighted by Crippen LogP contribution is -2.30. The van der Waals surface area contributed by atoms with Crippen molar-refractivity contribution in [3.05, 3.63) is 109 Å². The van der Waals surface area contributed by atoms with Crippen molar-refractivity contribution in [2.75, 3.05) is 13.2 Å². The van der Waals surface area contributed by atoms with Crippen LogP contribution >= 0.6 is 0 Å². The summed E-state index contributed by atoms with van der Waals surface area (Å²) in [5.41, 5.74) is 0. The smallest absolute Gasteiger partial charge is 0.306 e. The molecule has 0 heterocycles. The Bertz CT molecular complexity index is 1640. The largest absolute Gasteiger partial charge is 0.462 e. The summed E-state index contributed by atoms with van der Waals surface area (Å²) in [6, 6.07) is 0. The molecule has 1 unspecified atom stereocenters. The summed E-state index contributed by atoms with van der Waals surface area (Å²) in [5, 5.41) is 0. The van der Waals surface area contributed by atoms with Crippen molar-refractivity contribution in [2.24, 2.45) is 0 Å². The van der Waals surface area contributed by atoms with Crippen LogP contribution in [0.1, 0.15) is 335 Å². The molecule has 0 bridgehead atoms. The van der Waals surface area contributed by atoms with Gasteiger partial charge in [-0.05, 0) is 103 Å². The molecule has 0 aromatic heterocycles. The van der Waals surface area contributed by atoms with Gasteiger partial charge in [0.05, 0.1) is 0 Å². The molecule has 0 saturated carbocycles. The molecule has 0 amide bonds. The van der Waals surface area contributed by atoms with Crippen LogP contribution in [0.15, 0.2) is 109 Å². The maximum absolute atomic E-state index is 12.9. The van der Waals surface area contributed by atoms with E-state index in [1.54, 1.807) is 0 Å². The summed E-state index contributed by atoms with van der Waals surface area (Å²) in [4.78, 5) is 38.4. The number of rotatable bonds is 63. The third-order valence-corrected chi connectivity index (χ3v) is 15.0. The van der Waals surface area contributed by atoms with Crippen molar-refractivity contribution >= 4 is 17.9 Å². The first-order valence-electron chi connectivity index (χ1n) is 34.9. The zero-order chi connectivity index (χ0) is 59.2. The number of hydrogen-bond donors (Lipinski definition) is 0. The maximum Gasteiger partial charge on any atom is 0.306 e. The van der Waals surface area contributed by atoms with Gasteiger partial charge >= 0.3 is 17.9 Å². The summed E-state index contributed by atoms with van der Waals surface area (Å²) in [7, 11) is 0. The van der Waals surface area contributed by atoms with Crippen LogP contribution in [0.25, 0.3) is 0 Å². The van der Waals surface area contributed by atoms with Gasteiger partial charge in [-0.2, -0.15) is 0 Å². The number of ether oxygens (including phenoxy) is 3. The highest BCUT2D eigenvalue weighted by atomic mass is 16.6. The molecule has 82 heavy (non-hydrogen) atoms. The molecular formula is C76H130O6. The number of carbonyl (C=O) groups is 3. The van der Waals surface area contributed by atoms with Gasteiger partial charge in [-0.15, -0.1) is 0 Å². The SMILES string of the molecule is CC/C=C\C/C=C\C/C=C\C/C=C\C/C=C\CCCCCCCCCCCCCCCC(=O)OCC(COC(=O)CCCC/C=C\C/C=C\C/C=C\C/C=C\CC)OC(=O)CCCCCCCCCCCCCCCCCCCCCC. The normalized spacial score (nSPS) is 12.8. The summed E-state index contributed by atoms with van der Waals surface area (Å²) in [6.45, 7) is 6.42. The molecule has 0 aromatic carbocycles. The van der Waals surface area contributed by atoms with Crippen LogP contribution in [0.3, 0.4) is 0 Å². The van der Waals surface area contributed by atoms with Crippen LogP contribution in [-0.4, -0.2) is 37.2 Å². The van der Waals surface area contributed by atoms with Crippen LogP contribution < -0.4 is 0 Å². The Morgan fingerprint density at radius 1 is 0.256 bits per heavy atom. The Kier molecular flexibility index (Phi) is 66.2. The predicted octanol–water partition coefficient (Wildman–Crippen LogP) is 24.2. The fraction of sp³-hybridized carbons (Fsp3) is 0.724. The Labute approximate surface area is 508 Å². The van der Waals surface area contributed by atoms with E-state index in [0.29, 0.717) is 19.3 Å². The zero-order valence-corrected chi connectivity index (χ0v) is 54.0. The molecule has 0 radical (unpaired) electrons. The van der Waals surface area contributed by atoms with Crippen molar-refractivity contribution in [3.8, 4) is 0 Å². The molecule has 0 spiro atoms. The molecule has 0 rings (SSSR count). The van der Waals surface area contributed by atoms with Crippen LogP contribution in [0, 0.1) is 0 Å². The van der Waals surface area contributed by atoms with Gasteiger partial charge in [0.1, 0.15) is 13.2 Å². The van der Waals surface area contributed by atoms with Gasteiger partial charge in [-0.1, -0.05) is 323 Å². The van der Waals surface area contributed by atoms with Crippen LogP contribution in [-0.2, 0) is 28.6 Å². The third-order valence-electron chi connectivity index (χ3n) is 15.0. The standard InChI is InChI=1S/C76H130O6/c1-4-7-10-13-16-19-22-25-28-30-32-34-35-36-37-38-39-40-41-42-44-45-48-51-54-57-60-63-66-69-75(78)81-72-73(71-80-74(77)68-65-62-59-56-53-50-47-27-24-21-18-15-12-9-6-3)82-76(79)70-67-64-61-58-55-52-49-46-43-33-31-29-26-23-20-17-14-11-8-5-2/h7,9-10,12,16,18-19,21,25,27-28,32,34,36-37,47,53,56,73H,4-6,8,11,13-15,17,20,22-24,26,29-31,33,35,38-46,48-52,54-55,57-72H2,1-3H3/b10-7-,12-9-,19-16-,21-18-,28-25-,34-32-,37-36-,47-27-,56-53-. The Morgan fingerprint density at radius 3 is 0.768 bits per heavy atom. The lowest BCUT2D eigenvalue weighted by Gasteiger charge is -2.18. The quantitative estimate of drug-likeness (QED) is 0.0261. The van der Waals surface area contributed by atoms with E-state index in [1.165, 1.54) is 180 Å². The fourth-order valence-corrected chi connectivity index (χ4v) is 9.88. The third kappa shape index (κ3) is 66.9. The van der Waals surface area contributed by atoms with Crippen LogP contribution in [0.4, 0.5) is 0 Å². The molecule has 470 valence electrons. The van der Waals surface area contributed by atoms with Gasteiger partial charge < -0.3 is 14.2 Å². The molecule has 1 atom stereocenters. The van der Waals surface area contributed by atoms with E-state index in [2.05, 4.69) is 130 Å². The van der Waals surface area contributed by atoms with E-state index in [-0.39, 0.29) is 31.1 Å². The average molecular weight is 1140 g/mol. The van der Waals surface area contributed by atoms with E-state index in [9.17, 15) is 14.4 Å². The highest BCUT2D eigenvalue weighted by molar-refractivity contribution is 5.71. The molecule has 0 aliphatic rings. The molecule has 6 nitrogen and oxygen atoms in total. The Hall–Kier alpha value is -3.93. The van der Waals surface area contributed by atoms with Gasteiger partial charge in [-0.3, -0.25) is 14.4 Å². The van der Waals surface area contributed by atoms with Crippen LogP contribution in [0.2, 0.25) is 0 Å². The monoisotopic (exact) mass is 1140 g/mol. The molecule has 0 fully saturated rings.